The third-order valence-electron chi connectivity index (χ3n) is 1.51. The molecule has 13 heavy (non-hydrogen) atoms. The van der Waals surface area contributed by atoms with E-state index in [9.17, 15) is 9.70 Å². The summed E-state index contributed by atoms with van der Waals surface area (Å²) in [6.07, 6.45) is 1.22. The third-order valence-corrected chi connectivity index (χ3v) is 1.51. The van der Waals surface area contributed by atoms with Crippen molar-refractivity contribution < 1.29 is 4.79 Å². The van der Waals surface area contributed by atoms with Crippen LogP contribution in [0.25, 0.3) is 5.70 Å². The van der Waals surface area contributed by atoms with Gasteiger partial charge in [0.1, 0.15) is 5.70 Å². The first kappa shape index (κ1) is 9.32. The topological polar surface area (TPSA) is 46.5 Å². The van der Waals surface area contributed by atoms with Crippen molar-refractivity contribution in [2.24, 2.45) is 5.18 Å². The molecule has 0 spiro atoms. The molecule has 0 bridgehead atoms. The lowest BCUT2D eigenvalue weighted by Gasteiger charge is -1.95. The van der Waals surface area contributed by atoms with Crippen molar-refractivity contribution in [3.63, 3.8) is 0 Å². The average Bonchev–Trinajstić information content (AvgIpc) is 2.15. The monoisotopic (exact) mass is 175 g/mol. The molecule has 0 radical (unpaired) electrons. The summed E-state index contributed by atoms with van der Waals surface area (Å²) in [5, 5.41) is 2.79. The number of carbonyl (C=O) groups is 1. The van der Waals surface area contributed by atoms with Crippen LogP contribution in [-0.4, -0.2) is 5.78 Å². The molecule has 0 fully saturated rings. The Kier molecular flexibility index (Phi) is 3.09. The highest BCUT2D eigenvalue weighted by molar-refractivity contribution is 5.94. The van der Waals surface area contributed by atoms with E-state index in [1.165, 1.54) is 13.0 Å². The molecule has 0 atom stereocenters. The molecular weight excluding hydrogens is 166 g/mol. The van der Waals surface area contributed by atoms with Crippen molar-refractivity contribution in [2.75, 3.05) is 0 Å². The van der Waals surface area contributed by atoms with E-state index >= 15 is 0 Å². The molecule has 0 saturated heterocycles. The van der Waals surface area contributed by atoms with Crippen molar-refractivity contribution >= 4 is 11.5 Å². The summed E-state index contributed by atoms with van der Waals surface area (Å²) in [6.45, 7) is 1.38. The first-order chi connectivity index (χ1) is 6.24. The Labute approximate surface area is 76.1 Å². The van der Waals surface area contributed by atoms with Crippen LogP contribution >= 0.6 is 0 Å². The molecule has 0 heterocycles. The maximum atomic E-state index is 10.7. The van der Waals surface area contributed by atoms with Gasteiger partial charge in [0.2, 0.25) is 0 Å². The van der Waals surface area contributed by atoms with Crippen molar-refractivity contribution in [2.45, 2.75) is 6.92 Å². The molecule has 1 rings (SSSR count). The summed E-state index contributed by atoms with van der Waals surface area (Å²) in [4.78, 5) is 21.1. The summed E-state index contributed by atoms with van der Waals surface area (Å²) in [7, 11) is 0. The van der Waals surface area contributed by atoms with Crippen molar-refractivity contribution in [1.82, 2.24) is 0 Å². The number of nitrogens with zero attached hydrogens (tertiary/aromatic N) is 1. The van der Waals surface area contributed by atoms with Gasteiger partial charge in [0.05, 0.1) is 0 Å². The summed E-state index contributed by atoms with van der Waals surface area (Å²) in [6, 6.07) is 8.87. The van der Waals surface area contributed by atoms with Gasteiger partial charge in [0, 0.05) is 11.6 Å². The number of allylic oxidation sites excluding steroid dienone is 1. The van der Waals surface area contributed by atoms with Crippen LogP contribution in [0.4, 0.5) is 0 Å². The van der Waals surface area contributed by atoms with Gasteiger partial charge in [0.15, 0.2) is 5.78 Å². The minimum absolute atomic E-state index is 0.174. The van der Waals surface area contributed by atoms with Gasteiger partial charge >= 0.3 is 0 Å². The predicted molar refractivity (Wildman–Crippen MR) is 50.9 cm³/mol. The van der Waals surface area contributed by atoms with Crippen LogP contribution in [0, 0.1) is 4.91 Å². The van der Waals surface area contributed by atoms with E-state index in [-0.39, 0.29) is 11.5 Å². The predicted octanol–water partition coefficient (Wildman–Crippen LogP) is 2.38. The molecule has 66 valence electrons. The van der Waals surface area contributed by atoms with Gasteiger partial charge in [-0.05, 0) is 12.1 Å². The molecule has 0 saturated carbocycles. The van der Waals surface area contributed by atoms with Crippen molar-refractivity contribution in [1.29, 1.82) is 0 Å². The zero-order valence-corrected chi connectivity index (χ0v) is 7.23. The van der Waals surface area contributed by atoms with Crippen molar-refractivity contribution in [3.8, 4) is 0 Å². The zero-order chi connectivity index (χ0) is 9.68. The van der Waals surface area contributed by atoms with E-state index in [0.717, 1.165) is 0 Å². The molecule has 0 N–H and O–H groups in total. The van der Waals surface area contributed by atoms with Crippen LogP contribution in [0.2, 0.25) is 0 Å². The Morgan fingerprint density at radius 1 is 1.31 bits per heavy atom. The second-order valence-electron chi connectivity index (χ2n) is 2.60. The largest absolute Gasteiger partial charge is 0.295 e. The second kappa shape index (κ2) is 4.30. The van der Waals surface area contributed by atoms with Gasteiger partial charge in [0.25, 0.3) is 0 Å². The summed E-state index contributed by atoms with van der Waals surface area (Å²) < 4.78 is 0. The van der Waals surface area contributed by atoms with Crippen LogP contribution in [0.1, 0.15) is 12.5 Å². The normalized spacial score (nSPS) is 11.0. The average molecular weight is 175 g/mol. The van der Waals surface area contributed by atoms with E-state index in [1.54, 1.807) is 24.3 Å². The lowest BCUT2D eigenvalue weighted by molar-refractivity contribution is -0.112. The van der Waals surface area contributed by atoms with Crippen LogP contribution in [0.3, 0.4) is 0 Å². The summed E-state index contributed by atoms with van der Waals surface area (Å²) >= 11 is 0. The number of rotatable bonds is 3. The molecule has 1 aromatic carbocycles. The fourth-order valence-corrected chi connectivity index (χ4v) is 0.964. The number of hydrogen-bond acceptors (Lipinski definition) is 3. The lowest BCUT2D eigenvalue weighted by atomic mass is 10.1. The summed E-state index contributed by atoms with van der Waals surface area (Å²) in [5.74, 6) is -0.182. The van der Waals surface area contributed by atoms with E-state index in [1.807, 2.05) is 6.07 Å². The van der Waals surface area contributed by atoms with Crippen LogP contribution in [0.5, 0.6) is 0 Å². The highest BCUT2D eigenvalue weighted by Crippen LogP contribution is 2.14. The SMILES string of the molecule is CC(=O)/C=C(\N=O)c1ccccc1. The minimum atomic E-state index is -0.182. The van der Waals surface area contributed by atoms with E-state index in [4.69, 9.17) is 0 Å². The van der Waals surface area contributed by atoms with Gasteiger partial charge in [-0.3, -0.25) is 4.79 Å². The Morgan fingerprint density at radius 3 is 2.38 bits per heavy atom. The van der Waals surface area contributed by atoms with Crippen LogP contribution < -0.4 is 0 Å². The van der Waals surface area contributed by atoms with Gasteiger partial charge in [-0.15, -0.1) is 4.91 Å². The highest BCUT2D eigenvalue weighted by atomic mass is 16.3. The molecule has 1 aromatic rings. The number of ketones is 1. The Morgan fingerprint density at radius 2 is 1.92 bits per heavy atom. The number of carbonyl (C=O) groups excluding carboxylic acids is 1. The fraction of sp³-hybridized carbons (Fsp3) is 0.100. The smallest absolute Gasteiger partial charge is 0.154 e. The van der Waals surface area contributed by atoms with Crippen LogP contribution in [-0.2, 0) is 4.79 Å². The first-order valence-electron chi connectivity index (χ1n) is 3.85. The minimum Gasteiger partial charge on any atom is -0.295 e. The maximum absolute atomic E-state index is 10.7. The molecule has 0 aliphatic heterocycles. The molecule has 0 aliphatic rings. The number of hydrogen-bond donors (Lipinski definition) is 0. The Bertz CT molecular complexity index is 341. The van der Waals surface area contributed by atoms with Gasteiger partial charge in [-0.1, -0.05) is 30.3 Å². The molecule has 3 heteroatoms. The molecule has 0 aromatic heterocycles. The first-order valence-corrected chi connectivity index (χ1v) is 3.85. The van der Waals surface area contributed by atoms with Crippen LogP contribution in [0.15, 0.2) is 41.6 Å². The number of benzene rings is 1. The van der Waals surface area contributed by atoms with Crippen molar-refractivity contribution in [3.05, 3.63) is 46.9 Å². The third kappa shape index (κ3) is 2.63. The molecule has 3 nitrogen and oxygen atoms in total. The lowest BCUT2D eigenvalue weighted by Crippen LogP contribution is -1.86. The van der Waals surface area contributed by atoms with Gasteiger partial charge in [-0.2, -0.15) is 0 Å². The molecule has 0 unspecified atom stereocenters. The van der Waals surface area contributed by atoms with Gasteiger partial charge < -0.3 is 0 Å². The molecule has 0 amide bonds. The zero-order valence-electron chi connectivity index (χ0n) is 7.23. The summed E-state index contributed by atoms with van der Waals surface area (Å²) in [5.41, 5.74) is 0.834. The molecular formula is C10H9NO2. The quantitative estimate of drug-likeness (QED) is 0.523. The standard InChI is InChI=1S/C10H9NO2/c1-8(12)7-10(11-13)9-5-3-2-4-6-9/h2-7H,1H3/b10-7-. The maximum Gasteiger partial charge on any atom is 0.154 e. The molecule has 0 aliphatic carbocycles. The van der Waals surface area contributed by atoms with Gasteiger partial charge in [-0.25, -0.2) is 0 Å². The van der Waals surface area contributed by atoms with E-state index < -0.39 is 0 Å². The Balaban J connectivity index is 3.05. The fourth-order valence-electron chi connectivity index (χ4n) is 0.964. The highest BCUT2D eigenvalue weighted by Gasteiger charge is 2.01. The Hall–Kier alpha value is -1.77. The number of nitroso groups, excluding NO2 is 1. The second-order valence-corrected chi connectivity index (χ2v) is 2.60. The van der Waals surface area contributed by atoms with E-state index in [0.29, 0.717) is 5.56 Å². The van der Waals surface area contributed by atoms with E-state index in [2.05, 4.69) is 5.18 Å².